The lowest BCUT2D eigenvalue weighted by Crippen LogP contribution is -2.30. The van der Waals surface area contributed by atoms with Crippen molar-refractivity contribution < 1.29 is 22.3 Å². The number of phenolic OH excluding ortho intramolecular Hbond substituents is 1. The second-order valence-corrected chi connectivity index (χ2v) is 6.89. The van der Waals surface area contributed by atoms with Gasteiger partial charge in [0.25, 0.3) is 0 Å². The summed E-state index contributed by atoms with van der Waals surface area (Å²) in [5, 5.41) is 9.66. The lowest BCUT2D eigenvalue weighted by Gasteiger charge is -2.19. The van der Waals surface area contributed by atoms with Gasteiger partial charge in [-0.3, -0.25) is 0 Å². The molecule has 1 unspecified atom stereocenters. The summed E-state index contributed by atoms with van der Waals surface area (Å²) in [5.41, 5.74) is 0.401. The monoisotopic (exact) mass is 361 g/mol. The van der Waals surface area contributed by atoms with Gasteiger partial charge in [0.05, 0.1) is 11.1 Å². The van der Waals surface area contributed by atoms with Gasteiger partial charge in [0.2, 0.25) is 16.4 Å². The Hall–Kier alpha value is -1.70. The first-order chi connectivity index (χ1) is 10.8. The fraction of sp³-hybridized carbons (Fsp3) is 0.200. The molecule has 4 nitrogen and oxygen atoms in total. The first-order valence-electron chi connectivity index (χ1n) is 6.64. The van der Waals surface area contributed by atoms with Crippen LogP contribution < -0.4 is 4.72 Å². The lowest BCUT2D eigenvalue weighted by molar-refractivity contribution is 0.126. The molecule has 1 atom stereocenters. The van der Waals surface area contributed by atoms with E-state index in [4.69, 9.17) is 11.6 Å². The van der Waals surface area contributed by atoms with Crippen molar-refractivity contribution in [3.8, 4) is 5.75 Å². The van der Waals surface area contributed by atoms with Gasteiger partial charge in [-0.2, -0.15) is 0 Å². The van der Waals surface area contributed by atoms with E-state index in [1.807, 2.05) is 0 Å². The molecule has 2 aromatic rings. The molecule has 0 radical (unpaired) electrons. The van der Waals surface area contributed by atoms with Crippen LogP contribution in [-0.4, -0.2) is 19.9 Å². The van der Waals surface area contributed by atoms with Crippen LogP contribution in [0.5, 0.6) is 5.75 Å². The molecule has 0 aliphatic heterocycles. The number of rotatable bonds is 6. The lowest BCUT2D eigenvalue weighted by atomic mass is 10.1. The van der Waals surface area contributed by atoms with E-state index in [-0.39, 0.29) is 5.02 Å². The van der Waals surface area contributed by atoms with Crippen molar-refractivity contribution in [2.75, 3.05) is 0 Å². The summed E-state index contributed by atoms with van der Waals surface area (Å²) in [4.78, 5) is -0.458. The maximum Gasteiger partial charge on any atom is 0.244 e. The molecule has 0 aliphatic carbocycles. The van der Waals surface area contributed by atoms with Gasteiger partial charge in [0.15, 0.2) is 5.75 Å². The van der Waals surface area contributed by atoms with Crippen molar-refractivity contribution in [1.29, 1.82) is 0 Å². The van der Waals surface area contributed by atoms with E-state index in [1.54, 1.807) is 30.3 Å². The van der Waals surface area contributed by atoms with Crippen LogP contribution in [0.15, 0.2) is 53.4 Å². The molecule has 8 heteroatoms. The SMILES string of the molecule is O=S(=O)(NC(CC(F)F)c1ccccc1)c1cccc(Cl)c1O. The first kappa shape index (κ1) is 17.7. The molecular weight excluding hydrogens is 348 g/mol. The first-order valence-corrected chi connectivity index (χ1v) is 8.50. The molecule has 2 aromatic carbocycles. The van der Waals surface area contributed by atoms with E-state index in [9.17, 15) is 22.3 Å². The number of nitrogens with one attached hydrogen (secondary N) is 1. The maximum atomic E-state index is 12.8. The Morgan fingerprint density at radius 2 is 1.74 bits per heavy atom. The average molecular weight is 362 g/mol. The molecular formula is C15H14ClF2NO3S. The second kappa shape index (κ2) is 7.25. The summed E-state index contributed by atoms with van der Waals surface area (Å²) in [6.07, 6.45) is -3.39. The number of para-hydroxylation sites is 1. The number of sulfonamides is 1. The minimum Gasteiger partial charge on any atom is -0.505 e. The van der Waals surface area contributed by atoms with Crippen LogP contribution in [-0.2, 0) is 10.0 Å². The van der Waals surface area contributed by atoms with E-state index in [1.165, 1.54) is 12.1 Å². The molecule has 0 aliphatic rings. The van der Waals surface area contributed by atoms with E-state index in [0.717, 1.165) is 6.07 Å². The zero-order valence-corrected chi connectivity index (χ0v) is 13.4. The summed E-state index contributed by atoms with van der Waals surface area (Å²) in [6, 6.07) is 10.7. The Labute approximate surface area is 137 Å². The zero-order chi connectivity index (χ0) is 17.0. The summed E-state index contributed by atoms with van der Waals surface area (Å²) < 4.78 is 52.6. The molecule has 0 heterocycles. The molecule has 0 spiro atoms. The Kier molecular flexibility index (Phi) is 5.56. The van der Waals surface area contributed by atoms with Gasteiger partial charge in [-0.1, -0.05) is 48.0 Å². The highest BCUT2D eigenvalue weighted by atomic mass is 35.5. The van der Waals surface area contributed by atoms with Gasteiger partial charge < -0.3 is 5.11 Å². The van der Waals surface area contributed by atoms with Crippen molar-refractivity contribution in [2.24, 2.45) is 0 Å². The summed E-state index contributed by atoms with van der Waals surface area (Å²) in [5.74, 6) is -0.620. The summed E-state index contributed by atoms with van der Waals surface area (Å²) >= 11 is 5.70. The van der Waals surface area contributed by atoms with Crippen LogP contribution in [0.4, 0.5) is 8.78 Å². The smallest absolute Gasteiger partial charge is 0.244 e. The Morgan fingerprint density at radius 3 is 2.35 bits per heavy atom. The van der Waals surface area contributed by atoms with Crippen molar-refractivity contribution in [3.05, 3.63) is 59.1 Å². The number of phenols is 1. The molecule has 0 amide bonds. The molecule has 23 heavy (non-hydrogen) atoms. The minimum absolute atomic E-state index is 0.141. The number of hydrogen-bond donors (Lipinski definition) is 2. The molecule has 0 fully saturated rings. The second-order valence-electron chi connectivity index (χ2n) is 4.80. The van der Waals surface area contributed by atoms with Crippen LogP contribution in [0.2, 0.25) is 5.02 Å². The molecule has 124 valence electrons. The summed E-state index contributed by atoms with van der Waals surface area (Å²) in [7, 11) is -4.22. The zero-order valence-electron chi connectivity index (χ0n) is 11.8. The Morgan fingerprint density at radius 1 is 1.09 bits per heavy atom. The average Bonchev–Trinajstić information content (AvgIpc) is 2.49. The number of aromatic hydroxyl groups is 1. The predicted molar refractivity (Wildman–Crippen MR) is 83.2 cm³/mol. The van der Waals surface area contributed by atoms with Crippen molar-refractivity contribution >= 4 is 21.6 Å². The van der Waals surface area contributed by atoms with Crippen molar-refractivity contribution in [3.63, 3.8) is 0 Å². The molecule has 0 aromatic heterocycles. The van der Waals surface area contributed by atoms with Gasteiger partial charge in [-0.15, -0.1) is 0 Å². The summed E-state index contributed by atoms with van der Waals surface area (Å²) in [6.45, 7) is 0. The fourth-order valence-electron chi connectivity index (χ4n) is 2.08. The third kappa shape index (κ3) is 4.40. The van der Waals surface area contributed by atoms with Gasteiger partial charge in [-0.25, -0.2) is 21.9 Å². The van der Waals surface area contributed by atoms with E-state index in [2.05, 4.69) is 4.72 Å². The highest BCUT2D eigenvalue weighted by Gasteiger charge is 2.26. The van der Waals surface area contributed by atoms with Gasteiger partial charge >= 0.3 is 0 Å². The van der Waals surface area contributed by atoms with Crippen molar-refractivity contribution in [1.82, 2.24) is 4.72 Å². The van der Waals surface area contributed by atoms with Gasteiger partial charge in [0, 0.05) is 6.42 Å². The molecule has 0 saturated heterocycles. The molecule has 0 bridgehead atoms. The number of halogens is 3. The van der Waals surface area contributed by atoms with Crippen LogP contribution >= 0.6 is 11.6 Å². The van der Waals surface area contributed by atoms with Crippen LogP contribution in [0.3, 0.4) is 0 Å². The van der Waals surface area contributed by atoms with E-state index >= 15 is 0 Å². The third-order valence-corrected chi connectivity index (χ3v) is 4.96. The topological polar surface area (TPSA) is 66.4 Å². The normalized spacial score (nSPS) is 13.2. The Bertz CT molecular complexity index is 770. The van der Waals surface area contributed by atoms with Crippen molar-refractivity contribution in [2.45, 2.75) is 23.8 Å². The van der Waals surface area contributed by atoms with Crippen LogP contribution in [0, 0.1) is 0 Å². The fourth-order valence-corrected chi connectivity index (χ4v) is 3.67. The van der Waals surface area contributed by atoms with E-state index < -0.39 is 39.6 Å². The standard InChI is InChI=1S/C15H14ClF2NO3S/c16-11-7-4-8-13(15(11)20)23(21,22)19-12(9-14(17)18)10-5-2-1-3-6-10/h1-8,12,14,19-20H,9H2. The van der Waals surface area contributed by atoms with Crippen LogP contribution in [0.1, 0.15) is 18.0 Å². The minimum atomic E-state index is -4.22. The highest BCUT2D eigenvalue weighted by Crippen LogP contribution is 2.32. The Balaban J connectivity index is 2.36. The predicted octanol–water partition coefficient (Wildman–Crippen LogP) is 3.72. The highest BCUT2D eigenvalue weighted by molar-refractivity contribution is 7.89. The number of alkyl halides is 2. The van der Waals surface area contributed by atoms with Crippen LogP contribution in [0.25, 0.3) is 0 Å². The van der Waals surface area contributed by atoms with Gasteiger partial charge in [0.1, 0.15) is 4.90 Å². The van der Waals surface area contributed by atoms with Gasteiger partial charge in [-0.05, 0) is 17.7 Å². The molecule has 0 saturated carbocycles. The number of hydrogen-bond acceptors (Lipinski definition) is 3. The molecule has 2 rings (SSSR count). The third-order valence-electron chi connectivity index (χ3n) is 3.15. The maximum absolute atomic E-state index is 12.8. The number of benzene rings is 2. The molecule has 2 N–H and O–H groups in total. The quantitative estimate of drug-likeness (QED) is 0.824. The van der Waals surface area contributed by atoms with E-state index in [0.29, 0.717) is 5.56 Å². The largest absolute Gasteiger partial charge is 0.505 e.